The van der Waals surface area contributed by atoms with E-state index in [4.69, 9.17) is 9.47 Å². The number of benzene rings is 1. The van der Waals surface area contributed by atoms with Crippen molar-refractivity contribution in [3.8, 4) is 5.75 Å². The number of aromatic carboxylic acids is 1. The summed E-state index contributed by atoms with van der Waals surface area (Å²) in [6.45, 7) is 8.21. The highest BCUT2D eigenvalue weighted by Gasteiger charge is 2.31. The minimum atomic E-state index is -1.38. The lowest BCUT2D eigenvalue weighted by atomic mass is 10.1. The maximum absolute atomic E-state index is 15.3. The predicted octanol–water partition coefficient (Wildman–Crippen LogP) is 2.97. The molecule has 3 rings (SSSR count). The zero-order valence-corrected chi connectivity index (χ0v) is 18.8. The van der Waals surface area contributed by atoms with Crippen LogP contribution in [0.1, 0.15) is 44.5 Å². The van der Waals surface area contributed by atoms with Crippen molar-refractivity contribution in [1.29, 1.82) is 0 Å². The Hall–Kier alpha value is -3.30. The predicted molar refractivity (Wildman–Crippen MR) is 117 cm³/mol. The number of carboxylic acids is 1. The molecular weight excluding hydrogens is 421 g/mol. The van der Waals surface area contributed by atoms with Gasteiger partial charge < -0.3 is 29.4 Å². The van der Waals surface area contributed by atoms with E-state index in [2.05, 4.69) is 5.32 Å². The molecule has 9 nitrogen and oxygen atoms in total. The van der Waals surface area contributed by atoms with Crippen molar-refractivity contribution in [2.75, 3.05) is 25.1 Å². The molecule has 1 atom stereocenters. The van der Waals surface area contributed by atoms with Gasteiger partial charge in [-0.3, -0.25) is 4.79 Å². The third-order valence-corrected chi connectivity index (χ3v) is 5.24. The zero-order valence-electron chi connectivity index (χ0n) is 18.8. The fraction of sp³-hybridized carbons (Fsp3) is 0.500. The molecule has 1 aliphatic rings. The van der Waals surface area contributed by atoms with Gasteiger partial charge in [0.1, 0.15) is 16.9 Å². The number of carboxylic acid groups (broad SMARTS) is 1. The van der Waals surface area contributed by atoms with Crippen LogP contribution >= 0.6 is 0 Å². The molecule has 1 unspecified atom stereocenters. The monoisotopic (exact) mass is 449 g/mol. The Morgan fingerprint density at radius 2 is 2.03 bits per heavy atom. The van der Waals surface area contributed by atoms with Gasteiger partial charge in [0.25, 0.3) is 0 Å². The first-order valence-corrected chi connectivity index (χ1v) is 10.4. The summed E-state index contributed by atoms with van der Waals surface area (Å²) in [6, 6.07) is 0.801. The molecule has 1 aromatic carbocycles. The first kappa shape index (κ1) is 23.4. The van der Waals surface area contributed by atoms with Crippen LogP contribution in [0, 0.1) is 5.82 Å². The molecule has 1 fully saturated rings. The molecule has 1 aromatic heterocycles. The van der Waals surface area contributed by atoms with E-state index >= 15 is 4.39 Å². The van der Waals surface area contributed by atoms with Gasteiger partial charge in [0.15, 0.2) is 11.6 Å². The standard InChI is InChI=1S/C22H28FN3O6/c1-6-25-11-14(20(28)29)18(27)13-9-15(23)17(19(31-5)16(13)25)26-8-7-12(10-26)24-21(30)32-22(2,3)4/h9,11-12H,6-8,10H2,1-5H3,(H,24,30)(H,28,29). The fourth-order valence-corrected chi connectivity index (χ4v) is 3.93. The molecule has 32 heavy (non-hydrogen) atoms. The van der Waals surface area contributed by atoms with E-state index in [0.29, 0.717) is 31.6 Å². The summed E-state index contributed by atoms with van der Waals surface area (Å²) in [7, 11) is 1.37. The number of hydrogen-bond acceptors (Lipinski definition) is 6. The van der Waals surface area contributed by atoms with E-state index in [1.54, 1.807) is 37.2 Å². The van der Waals surface area contributed by atoms with E-state index in [9.17, 15) is 19.5 Å². The van der Waals surface area contributed by atoms with Gasteiger partial charge in [0.2, 0.25) is 5.43 Å². The number of aromatic nitrogens is 1. The summed E-state index contributed by atoms with van der Waals surface area (Å²) in [5.41, 5.74) is -1.35. The second-order valence-electron chi connectivity index (χ2n) is 8.68. The number of nitrogens with zero attached hydrogens (tertiary/aromatic N) is 2. The largest absolute Gasteiger partial charge is 0.492 e. The van der Waals surface area contributed by atoms with E-state index in [1.807, 2.05) is 0 Å². The minimum Gasteiger partial charge on any atom is -0.492 e. The fourth-order valence-electron chi connectivity index (χ4n) is 3.93. The normalized spacial score (nSPS) is 16.3. The number of pyridine rings is 1. The summed E-state index contributed by atoms with van der Waals surface area (Å²) in [4.78, 5) is 38.0. The Morgan fingerprint density at radius 3 is 2.59 bits per heavy atom. The van der Waals surface area contributed by atoms with Crippen LogP contribution in [0.4, 0.5) is 14.9 Å². The molecule has 0 aliphatic carbocycles. The Bertz CT molecular complexity index is 1120. The molecule has 0 radical (unpaired) electrons. The quantitative estimate of drug-likeness (QED) is 0.722. The summed E-state index contributed by atoms with van der Waals surface area (Å²) in [6.07, 6.45) is 1.27. The molecule has 0 spiro atoms. The van der Waals surface area contributed by atoms with Crippen molar-refractivity contribution in [2.45, 2.75) is 52.3 Å². The maximum atomic E-state index is 15.3. The van der Waals surface area contributed by atoms with Gasteiger partial charge in [-0.25, -0.2) is 14.0 Å². The average Bonchev–Trinajstić information content (AvgIpc) is 3.13. The number of methoxy groups -OCH3 is 1. The number of aryl methyl sites for hydroxylation is 1. The first-order valence-electron chi connectivity index (χ1n) is 10.4. The lowest BCUT2D eigenvalue weighted by Crippen LogP contribution is -2.40. The number of amides is 1. The molecule has 2 N–H and O–H groups in total. The van der Waals surface area contributed by atoms with Crippen molar-refractivity contribution in [3.05, 3.63) is 33.9 Å². The van der Waals surface area contributed by atoms with Crippen molar-refractivity contribution < 1.29 is 28.6 Å². The van der Waals surface area contributed by atoms with E-state index in [1.165, 1.54) is 13.3 Å². The Labute approximate surface area is 184 Å². The highest BCUT2D eigenvalue weighted by Crippen LogP contribution is 2.39. The Morgan fingerprint density at radius 1 is 1.34 bits per heavy atom. The topological polar surface area (TPSA) is 110 Å². The summed E-state index contributed by atoms with van der Waals surface area (Å²) in [5.74, 6) is -1.93. The molecule has 174 valence electrons. The van der Waals surface area contributed by atoms with Gasteiger partial charge in [-0.05, 0) is 40.2 Å². The van der Waals surface area contributed by atoms with E-state index in [0.717, 1.165) is 6.07 Å². The third-order valence-electron chi connectivity index (χ3n) is 5.24. The smallest absolute Gasteiger partial charge is 0.407 e. The second kappa shape index (κ2) is 8.68. The molecule has 10 heteroatoms. The number of fused-ring (bicyclic) bond motifs is 1. The number of carbonyl (C=O) groups excluding carboxylic acids is 1. The molecule has 1 amide bonds. The lowest BCUT2D eigenvalue weighted by molar-refractivity contribution is 0.0508. The summed E-state index contributed by atoms with van der Waals surface area (Å²) < 4.78 is 27.6. The highest BCUT2D eigenvalue weighted by atomic mass is 19.1. The molecule has 1 saturated heterocycles. The molecule has 0 bridgehead atoms. The van der Waals surface area contributed by atoms with Crippen LogP contribution in [-0.4, -0.2) is 53.6 Å². The van der Waals surface area contributed by atoms with Crippen LogP contribution in [0.2, 0.25) is 0 Å². The maximum Gasteiger partial charge on any atom is 0.407 e. The van der Waals surface area contributed by atoms with E-state index in [-0.39, 0.29) is 22.9 Å². The van der Waals surface area contributed by atoms with Gasteiger partial charge in [0, 0.05) is 25.8 Å². The number of nitrogens with one attached hydrogen (secondary N) is 1. The molecule has 1 aliphatic heterocycles. The van der Waals surface area contributed by atoms with Crippen molar-refractivity contribution in [3.63, 3.8) is 0 Å². The van der Waals surface area contributed by atoms with E-state index < -0.39 is 34.5 Å². The van der Waals surface area contributed by atoms with Crippen LogP contribution < -0.4 is 20.4 Å². The van der Waals surface area contributed by atoms with Gasteiger partial charge >= 0.3 is 12.1 Å². The van der Waals surface area contributed by atoms with Crippen molar-refractivity contribution in [1.82, 2.24) is 9.88 Å². The summed E-state index contributed by atoms with van der Waals surface area (Å²) >= 11 is 0. The van der Waals surface area contributed by atoms with Crippen molar-refractivity contribution in [2.24, 2.45) is 0 Å². The average molecular weight is 449 g/mol. The van der Waals surface area contributed by atoms with Crippen LogP contribution in [0.5, 0.6) is 5.75 Å². The number of alkyl carbamates (subject to hydrolysis) is 1. The van der Waals surface area contributed by atoms with Gasteiger partial charge in [-0.2, -0.15) is 0 Å². The van der Waals surface area contributed by atoms with Crippen LogP contribution in [0.25, 0.3) is 10.9 Å². The number of halogens is 1. The zero-order chi connectivity index (χ0) is 23.8. The lowest BCUT2D eigenvalue weighted by Gasteiger charge is -2.25. The number of anilines is 1. The van der Waals surface area contributed by atoms with Crippen LogP contribution in [-0.2, 0) is 11.3 Å². The number of ether oxygens (including phenoxy) is 2. The van der Waals surface area contributed by atoms with Gasteiger partial charge in [-0.15, -0.1) is 0 Å². The van der Waals surface area contributed by atoms with Crippen LogP contribution in [0.3, 0.4) is 0 Å². The van der Waals surface area contributed by atoms with Crippen LogP contribution in [0.15, 0.2) is 17.1 Å². The Balaban J connectivity index is 2.02. The SMILES string of the molecule is CCn1cc(C(=O)O)c(=O)c2cc(F)c(N3CCC(NC(=O)OC(C)(C)C)C3)c(OC)c21. The molecule has 0 saturated carbocycles. The third kappa shape index (κ3) is 4.49. The first-order chi connectivity index (χ1) is 15.0. The van der Waals surface area contributed by atoms with Gasteiger partial charge in [-0.1, -0.05) is 0 Å². The Kier molecular flexibility index (Phi) is 6.34. The van der Waals surface area contributed by atoms with Crippen molar-refractivity contribution >= 4 is 28.7 Å². The number of rotatable bonds is 5. The molecule has 2 aromatic rings. The second-order valence-corrected chi connectivity index (χ2v) is 8.68. The summed E-state index contributed by atoms with van der Waals surface area (Å²) in [5, 5.41) is 12.1. The highest BCUT2D eigenvalue weighted by molar-refractivity contribution is 5.97. The molecule has 2 heterocycles. The number of carbonyl (C=O) groups is 2. The minimum absolute atomic E-state index is 0.0625. The van der Waals surface area contributed by atoms with Gasteiger partial charge in [0.05, 0.1) is 24.1 Å². The number of hydrogen-bond donors (Lipinski definition) is 2. The molecular formula is C22H28FN3O6.